The smallest absolute Gasteiger partial charge is 0.245 e. The van der Waals surface area contributed by atoms with E-state index in [1.807, 2.05) is 13.8 Å². The molecule has 0 saturated carbocycles. The molecular weight excluding hydrogens is 320 g/mol. The Bertz CT molecular complexity index is 397. The summed E-state index contributed by atoms with van der Waals surface area (Å²) in [4.78, 5) is 24.0. The van der Waals surface area contributed by atoms with Gasteiger partial charge < -0.3 is 20.8 Å². The second-order valence-corrected chi connectivity index (χ2v) is 6.87. The Morgan fingerprint density at radius 2 is 1.68 bits per heavy atom. The van der Waals surface area contributed by atoms with Crippen molar-refractivity contribution in [1.29, 1.82) is 0 Å². The number of amides is 2. The van der Waals surface area contributed by atoms with Crippen LogP contribution in [0.2, 0.25) is 0 Å². The van der Waals surface area contributed by atoms with Crippen LogP contribution < -0.4 is 10.6 Å². The lowest BCUT2D eigenvalue weighted by molar-refractivity contribution is -0.129. The molecule has 0 bridgehead atoms. The number of allylic oxidation sites excluding steroid dienone is 1. The third-order valence-electron chi connectivity index (χ3n) is 3.88. The van der Waals surface area contributed by atoms with E-state index in [-0.39, 0.29) is 12.6 Å². The van der Waals surface area contributed by atoms with Gasteiger partial charge in [-0.3, -0.25) is 9.59 Å². The zero-order valence-electron chi connectivity index (χ0n) is 16.0. The monoisotopic (exact) mass is 356 g/mol. The van der Waals surface area contributed by atoms with Crippen LogP contribution in [0.15, 0.2) is 12.2 Å². The molecule has 25 heavy (non-hydrogen) atoms. The fourth-order valence-electron chi connectivity index (χ4n) is 2.52. The van der Waals surface area contributed by atoms with E-state index < -0.39 is 24.5 Å². The summed E-state index contributed by atoms with van der Waals surface area (Å²) < 4.78 is 0. The van der Waals surface area contributed by atoms with Gasteiger partial charge in [0.1, 0.15) is 6.04 Å². The van der Waals surface area contributed by atoms with E-state index in [1.165, 1.54) is 25.3 Å². The van der Waals surface area contributed by atoms with Crippen molar-refractivity contribution in [3.05, 3.63) is 12.2 Å². The third kappa shape index (κ3) is 12.6. The predicted octanol–water partition coefficient (Wildman–Crippen LogP) is 1.90. The van der Waals surface area contributed by atoms with Crippen LogP contribution in [0.4, 0.5) is 0 Å². The summed E-state index contributed by atoms with van der Waals surface area (Å²) in [5.74, 6) is -0.560. The number of unbranched alkanes of at least 4 members (excludes halogenated alkanes) is 5. The van der Waals surface area contributed by atoms with E-state index in [2.05, 4.69) is 17.6 Å². The number of hydrogen-bond donors (Lipinski definition) is 4. The van der Waals surface area contributed by atoms with Gasteiger partial charge in [-0.15, -0.1) is 0 Å². The number of nitrogens with one attached hydrogen (secondary N) is 2. The summed E-state index contributed by atoms with van der Waals surface area (Å²) in [7, 11) is 0. The highest BCUT2D eigenvalue weighted by molar-refractivity contribution is 5.93. The molecule has 0 aromatic heterocycles. The van der Waals surface area contributed by atoms with Crippen LogP contribution in [0.1, 0.15) is 65.7 Å². The van der Waals surface area contributed by atoms with E-state index in [0.29, 0.717) is 12.3 Å². The van der Waals surface area contributed by atoms with Crippen molar-refractivity contribution in [2.45, 2.75) is 77.8 Å². The first-order valence-corrected chi connectivity index (χ1v) is 9.43. The second kappa shape index (κ2) is 14.9. The van der Waals surface area contributed by atoms with Gasteiger partial charge in [0.05, 0.1) is 19.3 Å². The van der Waals surface area contributed by atoms with Crippen LogP contribution in [0.3, 0.4) is 0 Å². The van der Waals surface area contributed by atoms with Crippen LogP contribution >= 0.6 is 0 Å². The van der Waals surface area contributed by atoms with Gasteiger partial charge >= 0.3 is 0 Å². The van der Waals surface area contributed by atoms with E-state index in [4.69, 9.17) is 0 Å². The van der Waals surface area contributed by atoms with Crippen molar-refractivity contribution in [1.82, 2.24) is 10.6 Å². The highest BCUT2D eigenvalue weighted by Gasteiger charge is 2.22. The van der Waals surface area contributed by atoms with Gasteiger partial charge in [-0.05, 0) is 31.3 Å². The summed E-state index contributed by atoms with van der Waals surface area (Å²) in [6, 6.07) is -1.39. The summed E-state index contributed by atoms with van der Waals surface area (Å²) in [5, 5.41) is 23.8. The normalized spacial score (nSPS) is 13.8. The standard InChI is InChI=1S/C19H36N2O4/c1-4-5-6-7-8-9-10-11-18(24)21-17(14-23)19(25)20-16(13-22)12-15(2)3/h10-11,15-17,22-23H,4-9,12-14H2,1-3H3,(H,20,25)(H,21,24)/b11-10+. The maximum atomic E-state index is 12.1. The van der Waals surface area contributed by atoms with E-state index in [1.54, 1.807) is 6.08 Å². The maximum Gasteiger partial charge on any atom is 0.245 e. The Morgan fingerprint density at radius 1 is 1.00 bits per heavy atom. The molecule has 0 saturated heterocycles. The average Bonchev–Trinajstić information content (AvgIpc) is 2.57. The molecule has 6 nitrogen and oxygen atoms in total. The molecular formula is C19H36N2O4. The van der Waals surface area contributed by atoms with Crippen molar-refractivity contribution in [3.63, 3.8) is 0 Å². The van der Waals surface area contributed by atoms with Gasteiger partial charge in [0.15, 0.2) is 0 Å². The summed E-state index contributed by atoms with van der Waals surface area (Å²) in [6.45, 7) is 5.50. The van der Waals surface area contributed by atoms with Crippen LogP contribution in [-0.2, 0) is 9.59 Å². The van der Waals surface area contributed by atoms with Crippen molar-refractivity contribution in [3.8, 4) is 0 Å². The molecule has 0 aromatic carbocycles. The number of hydrogen-bond acceptors (Lipinski definition) is 4. The first-order chi connectivity index (χ1) is 11.9. The lowest BCUT2D eigenvalue weighted by Gasteiger charge is -2.22. The van der Waals surface area contributed by atoms with Crippen molar-refractivity contribution >= 4 is 11.8 Å². The zero-order valence-corrected chi connectivity index (χ0v) is 16.0. The fraction of sp³-hybridized carbons (Fsp3) is 0.789. The molecule has 0 spiro atoms. The molecule has 6 heteroatoms. The number of carbonyl (C=O) groups is 2. The largest absolute Gasteiger partial charge is 0.394 e. The molecule has 0 rings (SSSR count). The number of rotatable bonds is 14. The van der Waals surface area contributed by atoms with Crippen LogP contribution in [0, 0.1) is 5.92 Å². The topological polar surface area (TPSA) is 98.7 Å². The molecule has 0 aliphatic rings. The molecule has 2 atom stereocenters. The molecule has 0 radical (unpaired) electrons. The van der Waals surface area contributed by atoms with Gasteiger partial charge in [0, 0.05) is 0 Å². The first-order valence-electron chi connectivity index (χ1n) is 9.43. The highest BCUT2D eigenvalue weighted by atomic mass is 16.3. The molecule has 2 unspecified atom stereocenters. The Balaban J connectivity index is 4.23. The maximum absolute atomic E-state index is 12.1. The molecule has 0 aliphatic heterocycles. The SMILES string of the molecule is CCCCCCC/C=C/C(=O)NC(CO)C(=O)NC(CO)CC(C)C. The lowest BCUT2D eigenvalue weighted by Crippen LogP contribution is -2.52. The molecule has 146 valence electrons. The zero-order chi connectivity index (χ0) is 19.1. The Hall–Kier alpha value is -1.40. The second-order valence-electron chi connectivity index (χ2n) is 6.87. The van der Waals surface area contributed by atoms with Gasteiger partial charge in [-0.2, -0.15) is 0 Å². The van der Waals surface area contributed by atoms with Crippen molar-refractivity contribution < 1.29 is 19.8 Å². The number of aliphatic hydroxyl groups excluding tert-OH is 2. The van der Waals surface area contributed by atoms with Crippen LogP contribution in [-0.4, -0.2) is 47.3 Å². The van der Waals surface area contributed by atoms with Crippen molar-refractivity contribution in [2.24, 2.45) is 5.92 Å². The average molecular weight is 357 g/mol. The minimum Gasteiger partial charge on any atom is -0.394 e. The molecule has 2 amide bonds. The Labute approximate surface area is 152 Å². The minimum absolute atomic E-state index is 0.173. The van der Waals surface area contributed by atoms with Gasteiger partial charge in [0.2, 0.25) is 11.8 Å². The van der Waals surface area contributed by atoms with E-state index in [0.717, 1.165) is 19.3 Å². The third-order valence-corrected chi connectivity index (χ3v) is 3.88. The highest BCUT2D eigenvalue weighted by Crippen LogP contribution is 2.06. The minimum atomic E-state index is -1.01. The van der Waals surface area contributed by atoms with E-state index >= 15 is 0 Å². The van der Waals surface area contributed by atoms with Crippen LogP contribution in [0.25, 0.3) is 0 Å². The Morgan fingerprint density at radius 3 is 2.24 bits per heavy atom. The Kier molecular flexibility index (Phi) is 14.1. The fourth-order valence-corrected chi connectivity index (χ4v) is 2.52. The number of carbonyl (C=O) groups excluding carboxylic acids is 2. The first kappa shape index (κ1) is 23.6. The number of aliphatic hydroxyl groups is 2. The van der Waals surface area contributed by atoms with Crippen LogP contribution in [0.5, 0.6) is 0 Å². The predicted molar refractivity (Wildman–Crippen MR) is 100 cm³/mol. The molecule has 0 aliphatic carbocycles. The van der Waals surface area contributed by atoms with Crippen molar-refractivity contribution in [2.75, 3.05) is 13.2 Å². The van der Waals surface area contributed by atoms with Gasteiger partial charge in [-0.1, -0.05) is 52.5 Å². The van der Waals surface area contributed by atoms with Gasteiger partial charge in [0.25, 0.3) is 0 Å². The molecule has 0 heterocycles. The molecule has 0 aromatic rings. The molecule has 4 N–H and O–H groups in total. The summed E-state index contributed by atoms with van der Waals surface area (Å²) in [5.41, 5.74) is 0. The summed E-state index contributed by atoms with van der Waals surface area (Å²) >= 11 is 0. The van der Waals surface area contributed by atoms with E-state index in [9.17, 15) is 19.8 Å². The summed E-state index contributed by atoms with van der Waals surface area (Å²) in [6.07, 6.45) is 10.5. The lowest BCUT2D eigenvalue weighted by atomic mass is 10.0. The molecule has 0 fully saturated rings. The van der Waals surface area contributed by atoms with Gasteiger partial charge in [-0.25, -0.2) is 0 Å². The quantitative estimate of drug-likeness (QED) is 0.282.